The molecule has 0 unspecified atom stereocenters. The highest BCUT2D eigenvalue weighted by Gasteiger charge is 2.15. The minimum absolute atomic E-state index is 0.277. The van der Waals surface area contributed by atoms with Gasteiger partial charge in [-0.3, -0.25) is 0 Å². The molecular weight excluding hydrogens is 438 g/mol. The molecule has 0 fully saturated rings. The van der Waals surface area contributed by atoms with E-state index < -0.39 is 0 Å². The number of esters is 1. The molecule has 0 N–H and O–H groups in total. The van der Waals surface area contributed by atoms with Crippen molar-refractivity contribution in [2.45, 2.75) is 32.7 Å². The van der Waals surface area contributed by atoms with Crippen molar-refractivity contribution in [1.82, 2.24) is 4.57 Å². The molecule has 0 saturated carbocycles. The minimum atomic E-state index is -0.277. The second kappa shape index (κ2) is 9.94. The summed E-state index contributed by atoms with van der Waals surface area (Å²) >= 11 is 9.84. The number of aryl methyl sites for hydroxylation is 1. The zero-order valence-corrected chi connectivity index (χ0v) is 18.2. The quantitative estimate of drug-likeness (QED) is 0.217. The van der Waals surface area contributed by atoms with Gasteiger partial charge < -0.3 is 9.30 Å². The SMILES string of the molecule is CCOC(=O)C=CCCCn1c(Br)c(Cc2ccc(Cl)cc2)c2ccccc21. The Morgan fingerprint density at radius 2 is 1.93 bits per heavy atom. The first-order chi connectivity index (χ1) is 13.6. The number of benzene rings is 2. The average Bonchev–Trinajstić information content (AvgIpc) is 2.95. The summed E-state index contributed by atoms with van der Waals surface area (Å²) in [4.78, 5) is 11.4. The summed E-state index contributed by atoms with van der Waals surface area (Å²) < 4.78 is 8.32. The number of para-hydroxylation sites is 1. The van der Waals surface area contributed by atoms with Crippen molar-refractivity contribution >= 4 is 44.4 Å². The Morgan fingerprint density at radius 3 is 2.68 bits per heavy atom. The molecule has 0 radical (unpaired) electrons. The van der Waals surface area contributed by atoms with Crippen molar-refractivity contribution in [3.05, 3.63) is 81.4 Å². The number of hydrogen-bond acceptors (Lipinski definition) is 2. The number of fused-ring (bicyclic) bond motifs is 1. The van der Waals surface area contributed by atoms with Crippen molar-refractivity contribution in [3.8, 4) is 0 Å². The van der Waals surface area contributed by atoms with E-state index >= 15 is 0 Å². The number of unbranched alkanes of at least 4 members (excludes halogenated alkanes) is 1. The van der Waals surface area contributed by atoms with E-state index in [1.165, 1.54) is 28.1 Å². The molecule has 0 aliphatic carbocycles. The van der Waals surface area contributed by atoms with E-state index in [9.17, 15) is 4.79 Å². The van der Waals surface area contributed by atoms with Crippen LogP contribution in [-0.4, -0.2) is 17.1 Å². The standard InChI is InChI=1S/C23H23BrClNO2/c1-2-28-22(27)10-4-3-7-15-26-21-9-6-5-8-19(21)20(23(26)24)16-17-11-13-18(25)14-12-17/h4-6,8-14H,2-3,7,15-16H2,1H3. The Hall–Kier alpha value is -2.04. The summed E-state index contributed by atoms with van der Waals surface area (Å²) in [6.07, 6.45) is 6.00. The van der Waals surface area contributed by atoms with Crippen LogP contribution in [-0.2, 0) is 22.5 Å². The Bertz CT molecular complexity index is 976. The Labute approximate surface area is 179 Å². The summed E-state index contributed by atoms with van der Waals surface area (Å²) in [5.41, 5.74) is 3.72. The molecule has 0 spiro atoms. The second-order valence-corrected chi connectivity index (χ2v) is 7.73. The van der Waals surface area contributed by atoms with E-state index in [0.29, 0.717) is 6.61 Å². The highest BCUT2D eigenvalue weighted by molar-refractivity contribution is 9.10. The summed E-state index contributed by atoms with van der Waals surface area (Å²) in [6.45, 7) is 3.08. The van der Waals surface area contributed by atoms with E-state index in [2.05, 4.69) is 56.9 Å². The van der Waals surface area contributed by atoms with Gasteiger partial charge in [-0.05, 0) is 65.0 Å². The van der Waals surface area contributed by atoms with E-state index in [4.69, 9.17) is 16.3 Å². The van der Waals surface area contributed by atoms with Crippen molar-refractivity contribution in [2.75, 3.05) is 6.61 Å². The minimum Gasteiger partial charge on any atom is -0.463 e. The number of aromatic nitrogens is 1. The lowest BCUT2D eigenvalue weighted by molar-refractivity contribution is -0.137. The lowest BCUT2D eigenvalue weighted by Crippen LogP contribution is -2.00. The molecule has 0 amide bonds. The molecule has 3 aromatic rings. The summed E-state index contributed by atoms with van der Waals surface area (Å²) in [5, 5.41) is 2.01. The number of nitrogens with zero attached hydrogens (tertiary/aromatic N) is 1. The van der Waals surface area contributed by atoms with Crippen molar-refractivity contribution in [1.29, 1.82) is 0 Å². The molecule has 0 atom stereocenters. The Kier molecular flexibility index (Phi) is 7.35. The molecule has 1 heterocycles. The van der Waals surface area contributed by atoms with Gasteiger partial charge in [0.2, 0.25) is 0 Å². The van der Waals surface area contributed by atoms with Gasteiger partial charge in [-0.2, -0.15) is 0 Å². The second-order valence-electron chi connectivity index (χ2n) is 6.54. The van der Waals surface area contributed by atoms with E-state index in [0.717, 1.165) is 35.4 Å². The van der Waals surface area contributed by atoms with Crippen LogP contribution in [0.15, 0.2) is 65.3 Å². The molecule has 1 aromatic heterocycles. The van der Waals surface area contributed by atoms with Crippen LogP contribution < -0.4 is 0 Å². The van der Waals surface area contributed by atoms with Gasteiger partial charge in [0.25, 0.3) is 0 Å². The third-order valence-corrected chi connectivity index (χ3v) is 5.75. The normalized spacial score (nSPS) is 11.4. The smallest absolute Gasteiger partial charge is 0.330 e. The summed E-state index contributed by atoms with van der Waals surface area (Å²) in [7, 11) is 0. The molecule has 28 heavy (non-hydrogen) atoms. The molecule has 2 aromatic carbocycles. The molecule has 0 aliphatic rings. The van der Waals surface area contributed by atoms with Crippen molar-refractivity contribution < 1.29 is 9.53 Å². The molecular formula is C23H23BrClNO2. The van der Waals surface area contributed by atoms with Gasteiger partial charge in [0.05, 0.1) is 11.2 Å². The van der Waals surface area contributed by atoms with E-state index in [-0.39, 0.29) is 5.97 Å². The number of carbonyl (C=O) groups excluding carboxylic acids is 1. The van der Waals surface area contributed by atoms with Gasteiger partial charge in [0.1, 0.15) is 0 Å². The number of rotatable bonds is 8. The van der Waals surface area contributed by atoms with Gasteiger partial charge in [-0.25, -0.2) is 4.79 Å². The fraction of sp³-hybridized carbons (Fsp3) is 0.261. The molecule has 0 bridgehead atoms. The number of halogens is 2. The molecule has 0 saturated heterocycles. The van der Waals surface area contributed by atoms with Gasteiger partial charge in [0, 0.05) is 35.0 Å². The topological polar surface area (TPSA) is 31.2 Å². The Morgan fingerprint density at radius 1 is 1.18 bits per heavy atom. The van der Waals surface area contributed by atoms with Crippen LogP contribution in [0, 0.1) is 0 Å². The van der Waals surface area contributed by atoms with Crippen LogP contribution in [0.5, 0.6) is 0 Å². The van der Waals surface area contributed by atoms with Crippen LogP contribution >= 0.6 is 27.5 Å². The van der Waals surface area contributed by atoms with Crippen LogP contribution in [0.4, 0.5) is 0 Å². The number of allylic oxidation sites excluding steroid dienone is 1. The first-order valence-corrected chi connectivity index (χ1v) is 10.6. The number of hydrogen-bond donors (Lipinski definition) is 0. The maximum absolute atomic E-state index is 11.4. The van der Waals surface area contributed by atoms with Crippen LogP contribution in [0.2, 0.25) is 5.02 Å². The molecule has 5 heteroatoms. The monoisotopic (exact) mass is 459 g/mol. The highest BCUT2D eigenvalue weighted by Crippen LogP contribution is 2.32. The Balaban J connectivity index is 1.76. The van der Waals surface area contributed by atoms with Crippen molar-refractivity contribution in [2.24, 2.45) is 0 Å². The fourth-order valence-electron chi connectivity index (χ4n) is 3.27. The average molecular weight is 461 g/mol. The lowest BCUT2D eigenvalue weighted by Gasteiger charge is -2.07. The van der Waals surface area contributed by atoms with Crippen LogP contribution in [0.25, 0.3) is 10.9 Å². The van der Waals surface area contributed by atoms with E-state index in [1.807, 2.05) is 25.1 Å². The van der Waals surface area contributed by atoms with Gasteiger partial charge >= 0.3 is 5.97 Å². The van der Waals surface area contributed by atoms with Gasteiger partial charge in [0.15, 0.2) is 0 Å². The maximum Gasteiger partial charge on any atom is 0.330 e. The van der Waals surface area contributed by atoms with Crippen LogP contribution in [0.3, 0.4) is 0 Å². The van der Waals surface area contributed by atoms with E-state index in [1.54, 1.807) is 0 Å². The third-order valence-electron chi connectivity index (χ3n) is 4.59. The first-order valence-electron chi connectivity index (χ1n) is 9.43. The third kappa shape index (κ3) is 5.06. The summed E-state index contributed by atoms with van der Waals surface area (Å²) in [6, 6.07) is 16.5. The number of carbonyl (C=O) groups is 1. The fourth-order valence-corrected chi connectivity index (χ4v) is 4.12. The van der Waals surface area contributed by atoms with Gasteiger partial charge in [-0.15, -0.1) is 0 Å². The largest absolute Gasteiger partial charge is 0.463 e. The molecule has 146 valence electrons. The molecule has 3 rings (SSSR count). The predicted octanol–water partition coefficient (Wildman–Crippen LogP) is 6.55. The zero-order valence-electron chi connectivity index (χ0n) is 15.8. The predicted molar refractivity (Wildman–Crippen MR) is 119 cm³/mol. The first kappa shape index (κ1) is 20.7. The maximum atomic E-state index is 11.4. The zero-order chi connectivity index (χ0) is 19.9. The molecule has 3 nitrogen and oxygen atoms in total. The van der Waals surface area contributed by atoms with Crippen molar-refractivity contribution in [3.63, 3.8) is 0 Å². The van der Waals surface area contributed by atoms with Gasteiger partial charge in [-0.1, -0.05) is 48.0 Å². The number of ether oxygens (including phenoxy) is 1. The lowest BCUT2D eigenvalue weighted by atomic mass is 10.0. The molecule has 0 aliphatic heterocycles. The summed E-state index contributed by atoms with van der Waals surface area (Å²) in [5.74, 6) is -0.277. The van der Waals surface area contributed by atoms with Crippen LogP contribution in [0.1, 0.15) is 30.9 Å². The highest BCUT2D eigenvalue weighted by atomic mass is 79.9.